The largest absolute Gasteiger partial charge is 0.355 e. The van der Waals surface area contributed by atoms with Crippen molar-refractivity contribution in [2.24, 2.45) is 0 Å². The summed E-state index contributed by atoms with van der Waals surface area (Å²) in [7, 11) is 0. The first-order chi connectivity index (χ1) is 15.5. The highest BCUT2D eigenvalue weighted by Crippen LogP contribution is 2.35. The van der Waals surface area contributed by atoms with Gasteiger partial charge in [0.05, 0.1) is 16.8 Å². The van der Waals surface area contributed by atoms with Crippen LogP contribution in [0.2, 0.25) is 0 Å². The van der Waals surface area contributed by atoms with Crippen LogP contribution in [0.25, 0.3) is 0 Å². The number of imide groups is 2. The average molecular weight is 431 g/mol. The fraction of sp³-hybridized carbons (Fsp3) is 0.360. The fourth-order valence-electron chi connectivity index (χ4n) is 5.05. The van der Waals surface area contributed by atoms with Gasteiger partial charge in [-0.1, -0.05) is 37.5 Å². The minimum atomic E-state index is -0.970. The molecule has 2 aromatic carbocycles. The highest BCUT2D eigenvalue weighted by molar-refractivity contribution is 6.25. The Labute approximate surface area is 186 Å². The molecule has 0 radical (unpaired) electrons. The first kappa shape index (κ1) is 20.4. The van der Waals surface area contributed by atoms with Crippen LogP contribution in [-0.2, 0) is 9.59 Å². The van der Waals surface area contributed by atoms with Crippen LogP contribution in [0.5, 0.6) is 0 Å². The summed E-state index contributed by atoms with van der Waals surface area (Å²) >= 11 is 0. The number of nitrogens with one attached hydrogen (secondary N) is 2. The summed E-state index contributed by atoms with van der Waals surface area (Å²) < 4.78 is 0. The van der Waals surface area contributed by atoms with Crippen LogP contribution >= 0.6 is 0 Å². The first-order valence-corrected chi connectivity index (χ1v) is 11.2. The molecule has 0 spiro atoms. The van der Waals surface area contributed by atoms with E-state index in [-0.39, 0.29) is 29.9 Å². The molecule has 32 heavy (non-hydrogen) atoms. The summed E-state index contributed by atoms with van der Waals surface area (Å²) in [5, 5.41) is 5.49. The van der Waals surface area contributed by atoms with Crippen LogP contribution in [0, 0.1) is 0 Å². The number of amides is 4. The Morgan fingerprint density at radius 3 is 2.31 bits per heavy atom. The van der Waals surface area contributed by atoms with Gasteiger partial charge in [-0.15, -0.1) is 0 Å². The van der Waals surface area contributed by atoms with Gasteiger partial charge < -0.3 is 5.32 Å². The monoisotopic (exact) mass is 431 g/mol. The molecule has 2 N–H and O–H groups in total. The Balaban J connectivity index is 1.38. The van der Waals surface area contributed by atoms with Gasteiger partial charge in [-0.2, -0.15) is 0 Å². The molecule has 0 bridgehead atoms. The lowest BCUT2D eigenvalue weighted by Gasteiger charge is -2.27. The Morgan fingerprint density at radius 2 is 1.59 bits per heavy atom. The van der Waals surface area contributed by atoms with Gasteiger partial charge in [0.2, 0.25) is 11.8 Å². The summed E-state index contributed by atoms with van der Waals surface area (Å²) in [6, 6.07) is 12.4. The van der Waals surface area contributed by atoms with Crippen LogP contribution in [0.1, 0.15) is 77.1 Å². The number of carbonyl (C=O) groups excluding carboxylic acids is 4. The molecule has 1 saturated heterocycles. The summed E-state index contributed by atoms with van der Waals surface area (Å²) in [5.41, 5.74) is 3.23. The Kier molecular flexibility index (Phi) is 5.25. The number of piperidine rings is 1. The SMILES string of the molecule is O=C1CCC(N2C(=O)c3cccc(Nc4ccc(C5CCCCC5)cc4)c3C2=O)C(=O)N1. The smallest absolute Gasteiger partial charge is 0.264 e. The van der Waals surface area contributed by atoms with Gasteiger partial charge in [0.1, 0.15) is 6.04 Å². The number of nitrogens with zero attached hydrogens (tertiary/aromatic N) is 1. The Morgan fingerprint density at radius 1 is 0.844 bits per heavy atom. The second-order valence-electron chi connectivity index (χ2n) is 8.76. The van der Waals surface area contributed by atoms with Crippen molar-refractivity contribution in [2.75, 3.05) is 5.32 Å². The molecule has 0 aromatic heterocycles. The van der Waals surface area contributed by atoms with Crippen LogP contribution in [-0.4, -0.2) is 34.6 Å². The van der Waals surface area contributed by atoms with Gasteiger partial charge in [0.15, 0.2) is 0 Å². The van der Waals surface area contributed by atoms with Gasteiger partial charge in [-0.05, 0) is 55.0 Å². The van der Waals surface area contributed by atoms with Crippen molar-refractivity contribution in [3.63, 3.8) is 0 Å². The molecule has 4 amide bonds. The molecule has 2 aromatic rings. The standard InChI is InChI=1S/C25H25N3O4/c29-21-14-13-20(23(30)27-21)28-24(31)18-7-4-8-19(22(18)25(28)32)26-17-11-9-16(10-12-17)15-5-2-1-3-6-15/h4,7-12,15,20,26H,1-3,5-6,13-14H2,(H,27,29,30). The van der Waals surface area contributed by atoms with E-state index in [1.54, 1.807) is 18.2 Å². The zero-order valence-corrected chi connectivity index (χ0v) is 17.7. The molecule has 1 aliphatic carbocycles. The normalized spacial score (nSPS) is 21.5. The topological polar surface area (TPSA) is 95.6 Å². The molecule has 7 heteroatoms. The summed E-state index contributed by atoms with van der Waals surface area (Å²) in [5.74, 6) is -1.40. The van der Waals surface area contributed by atoms with E-state index in [0.29, 0.717) is 11.6 Å². The predicted molar refractivity (Wildman–Crippen MR) is 119 cm³/mol. The first-order valence-electron chi connectivity index (χ1n) is 11.2. The third-order valence-corrected chi connectivity index (χ3v) is 6.73. The van der Waals surface area contributed by atoms with Crippen LogP contribution in [0.4, 0.5) is 11.4 Å². The Bertz CT molecular complexity index is 1100. The third-order valence-electron chi connectivity index (χ3n) is 6.73. The van der Waals surface area contributed by atoms with E-state index < -0.39 is 23.8 Å². The van der Waals surface area contributed by atoms with Crippen molar-refractivity contribution >= 4 is 35.0 Å². The van der Waals surface area contributed by atoms with E-state index in [2.05, 4.69) is 22.8 Å². The summed E-state index contributed by atoms with van der Waals surface area (Å²) in [6.07, 6.45) is 6.57. The quantitative estimate of drug-likeness (QED) is 0.717. The molecular formula is C25H25N3O4. The molecular weight excluding hydrogens is 406 g/mol. The van der Waals surface area contributed by atoms with E-state index in [1.807, 2.05) is 12.1 Å². The fourth-order valence-corrected chi connectivity index (χ4v) is 5.05. The van der Waals surface area contributed by atoms with Crippen molar-refractivity contribution in [1.82, 2.24) is 10.2 Å². The minimum Gasteiger partial charge on any atom is -0.355 e. The summed E-state index contributed by atoms with van der Waals surface area (Å²) in [4.78, 5) is 50.9. The molecule has 3 aliphatic rings. The van der Waals surface area contributed by atoms with Crippen LogP contribution < -0.4 is 10.6 Å². The van der Waals surface area contributed by atoms with Crippen LogP contribution in [0.15, 0.2) is 42.5 Å². The van der Waals surface area contributed by atoms with Gasteiger partial charge in [0.25, 0.3) is 11.8 Å². The van der Waals surface area contributed by atoms with E-state index in [4.69, 9.17) is 0 Å². The molecule has 2 fully saturated rings. The minimum absolute atomic E-state index is 0.0995. The average Bonchev–Trinajstić information content (AvgIpc) is 3.06. The lowest BCUT2D eigenvalue weighted by atomic mass is 9.84. The number of rotatable bonds is 4. The number of hydrogen-bond donors (Lipinski definition) is 2. The molecule has 2 aliphatic heterocycles. The molecule has 164 valence electrons. The van der Waals surface area contributed by atoms with Crippen LogP contribution in [0.3, 0.4) is 0 Å². The zero-order chi connectivity index (χ0) is 22.2. The number of fused-ring (bicyclic) bond motifs is 1. The lowest BCUT2D eigenvalue weighted by molar-refractivity contribution is -0.136. The van der Waals surface area contributed by atoms with Gasteiger partial charge in [-0.3, -0.25) is 29.4 Å². The van der Waals surface area contributed by atoms with E-state index in [1.165, 1.54) is 37.7 Å². The number of benzene rings is 2. The maximum absolute atomic E-state index is 13.2. The predicted octanol–water partition coefficient (Wildman–Crippen LogP) is 3.88. The van der Waals surface area contributed by atoms with Crippen molar-refractivity contribution in [3.8, 4) is 0 Å². The molecule has 5 rings (SSSR count). The second-order valence-corrected chi connectivity index (χ2v) is 8.76. The maximum atomic E-state index is 13.2. The molecule has 1 unspecified atom stereocenters. The zero-order valence-electron chi connectivity index (χ0n) is 17.7. The highest BCUT2D eigenvalue weighted by Gasteiger charge is 2.45. The molecule has 7 nitrogen and oxygen atoms in total. The molecule has 1 saturated carbocycles. The van der Waals surface area contributed by atoms with Gasteiger partial charge in [0, 0.05) is 12.1 Å². The van der Waals surface area contributed by atoms with E-state index in [9.17, 15) is 19.2 Å². The highest BCUT2D eigenvalue weighted by atomic mass is 16.2. The molecule has 2 heterocycles. The lowest BCUT2D eigenvalue weighted by Crippen LogP contribution is -2.54. The number of carbonyl (C=O) groups is 4. The van der Waals surface area contributed by atoms with Crippen molar-refractivity contribution in [3.05, 3.63) is 59.2 Å². The van der Waals surface area contributed by atoms with Crippen molar-refractivity contribution in [2.45, 2.75) is 56.9 Å². The maximum Gasteiger partial charge on any atom is 0.264 e. The van der Waals surface area contributed by atoms with E-state index >= 15 is 0 Å². The van der Waals surface area contributed by atoms with Crippen molar-refractivity contribution < 1.29 is 19.2 Å². The van der Waals surface area contributed by atoms with E-state index in [0.717, 1.165) is 10.6 Å². The summed E-state index contributed by atoms with van der Waals surface area (Å²) in [6.45, 7) is 0. The van der Waals surface area contributed by atoms with Gasteiger partial charge in [-0.25, -0.2) is 0 Å². The van der Waals surface area contributed by atoms with Crippen molar-refractivity contribution in [1.29, 1.82) is 0 Å². The Hall–Kier alpha value is -3.48. The number of anilines is 2. The van der Waals surface area contributed by atoms with Gasteiger partial charge >= 0.3 is 0 Å². The third kappa shape index (κ3) is 3.57. The number of hydrogen-bond acceptors (Lipinski definition) is 5. The molecule has 1 atom stereocenters. The second kappa shape index (κ2) is 8.22.